The third-order valence-corrected chi connectivity index (χ3v) is 4.99. The molecule has 1 aromatic heterocycles. The molecule has 0 bridgehead atoms. The van der Waals surface area contributed by atoms with Crippen LogP contribution in [-0.2, 0) is 4.74 Å². The van der Waals surface area contributed by atoms with Crippen molar-refractivity contribution < 1.29 is 9.53 Å². The Hall–Kier alpha value is -3.33. The lowest BCUT2D eigenvalue weighted by Crippen LogP contribution is -2.04. The highest BCUT2D eigenvalue weighted by Crippen LogP contribution is 2.39. The first-order chi connectivity index (χ1) is 12.8. The van der Waals surface area contributed by atoms with Crippen LogP contribution in [0, 0.1) is 0 Å². The highest BCUT2D eigenvalue weighted by Gasteiger charge is 2.15. The summed E-state index contributed by atoms with van der Waals surface area (Å²) in [5, 5.41) is 6.90. The molecule has 0 unspecified atom stereocenters. The maximum Gasteiger partial charge on any atom is 0.338 e. The minimum absolute atomic E-state index is 0.280. The van der Waals surface area contributed by atoms with Crippen molar-refractivity contribution in [2.75, 3.05) is 6.61 Å². The zero-order chi connectivity index (χ0) is 17.7. The van der Waals surface area contributed by atoms with E-state index in [1.54, 1.807) is 0 Å². The summed E-state index contributed by atoms with van der Waals surface area (Å²) in [4.78, 5) is 15.8. The summed E-state index contributed by atoms with van der Waals surface area (Å²) >= 11 is 0. The molecule has 0 aliphatic heterocycles. The lowest BCUT2D eigenvalue weighted by Gasteiger charge is -2.09. The standard InChI is InChI=1S/C23H17NO2/c1-2-26-23(25)14-11-12-16-19(13-14)15-7-3-4-8-17(15)22-21(16)18-9-5-6-10-20(18)24-22/h3-13,24H,2H2,1H3. The van der Waals surface area contributed by atoms with E-state index in [0.717, 1.165) is 32.6 Å². The van der Waals surface area contributed by atoms with Gasteiger partial charge in [-0.25, -0.2) is 4.79 Å². The van der Waals surface area contributed by atoms with Gasteiger partial charge in [-0.3, -0.25) is 0 Å². The second kappa shape index (κ2) is 5.60. The summed E-state index contributed by atoms with van der Waals surface area (Å²) in [5.41, 5.74) is 2.84. The summed E-state index contributed by atoms with van der Waals surface area (Å²) in [6.07, 6.45) is 0. The third-order valence-electron chi connectivity index (χ3n) is 4.99. The summed E-state index contributed by atoms with van der Waals surface area (Å²) in [5.74, 6) is -0.280. The molecule has 1 N–H and O–H groups in total. The van der Waals surface area contributed by atoms with Crippen LogP contribution in [0.4, 0.5) is 0 Å². The van der Waals surface area contributed by atoms with Gasteiger partial charge in [0.25, 0.3) is 0 Å². The van der Waals surface area contributed by atoms with Crippen molar-refractivity contribution >= 4 is 49.3 Å². The second-order valence-electron chi connectivity index (χ2n) is 6.45. The van der Waals surface area contributed by atoms with Gasteiger partial charge in [0.15, 0.2) is 0 Å². The fourth-order valence-electron chi connectivity index (χ4n) is 3.89. The van der Waals surface area contributed by atoms with Crippen LogP contribution >= 0.6 is 0 Å². The summed E-state index contributed by atoms with van der Waals surface area (Å²) in [6.45, 7) is 2.20. The van der Waals surface area contributed by atoms with Gasteiger partial charge in [0.1, 0.15) is 0 Å². The van der Waals surface area contributed by atoms with Gasteiger partial charge in [-0.2, -0.15) is 0 Å². The van der Waals surface area contributed by atoms with Crippen molar-refractivity contribution in [3.63, 3.8) is 0 Å². The van der Waals surface area contributed by atoms with E-state index >= 15 is 0 Å². The van der Waals surface area contributed by atoms with Gasteiger partial charge in [0.2, 0.25) is 0 Å². The number of aromatic amines is 1. The van der Waals surface area contributed by atoms with Crippen LogP contribution in [0.15, 0.2) is 66.7 Å². The van der Waals surface area contributed by atoms with E-state index in [9.17, 15) is 4.79 Å². The minimum Gasteiger partial charge on any atom is -0.462 e. The zero-order valence-corrected chi connectivity index (χ0v) is 14.4. The first-order valence-electron chi connectivity index (χ1n) is 8.80. The van der Waals surface area contributed by atoms with Crippen LogP contribution in [-0.4, -0.2) is 17.6 Å². The van der Waals surface area contributed by atoms with Crippen molar-refractivity contribution in [1.82, 2.24) is 4.98 Å². The van der Waals surface area contributed by atoms with Gasteiger partial charge >= 0.3 is 5.97 Å². The molecule has 4 aromatic carbocycles. The number of carbonyl (C=O) groups is 1. The van der Waals surface area contributed by atoms with Gasteiger partial charge in [-0.1, -0.05) is 48.5 Å². The molecule has 5 rings (SSSR count). The molecule has 0 amide bonds. The molecule has 0 aliphatic carbocycles. The van der Waals surface area contributed by atoms with E-state index in [0.29, 0.717) is 12.2 Å². The summed E-state index contributed by atoms with van der Waals surface area (Å²) < 4.78 is 5.19. The third kappa shape index (κ3) is 2.04. The number of hydrogen-bond acceptors (Lipinski definition) is 2. The topological polar surface area (TPSA) is 42.1 Å². The Bertz CT molecular complexity index is 1310. The number of rotatable bonds is 2. The van der Waals surface area contributed by atoms with Crippen LogP contribution in [0.25, 0.3) is 43.4 Å². The van der Waals surface area contributed by atoms with Gasteiger partial charge in [0, 0.05) is 21.7 Å². The molecule has 0 aliphatic rings. The van der Waals surface area contributed by atoms with E-state index in [-0.39, 0.29) is 5.97 Å². The molecule has 1 heterocycles. The number of fused-ring (bicyclic) bond motifs is 8. The Labute approximate surface area is 150 Å². The lowest BCUT2D eigenvalue weighted by atomic mass is 9.95. The highest BCUT2D eigenvalue weighted by molar-refractivity contribution is 6.31. The first kappa shape index (κ1) is 15.0. The number of esters is 1. The number of hydrogen-bond donors (Lipinski definition) is 1. The van der Waals surface area contributed by atoms with Crippen LogP contribution in [0.5, 0.6) is 0 Å². The Morgan fingerprint density at radius 3 is 2.38 bits per heavy atom. The fourth-order valence-corrected chi connectivity index (χ4v) is 3.89. The molecule has 0 saturated carbocycles. The molecule has 0 spiro atoms. The number of carbonyl (C=O) groups excluding carboxylic acids is 1. The van der Waals surface area contributed by atoms with Gasteiger partial charge in [-0.05, 0) is 41.3 Å². The Kier molecular flexibility index (Phi) is 3.22. The normalized spacial score (nSPS) is 11.6. The molecule has 3 nitrogen and oxygen atoms in total. The smallest absolute Gasteiger partial charge is 0.338 e. The average molecular weight is 339 g/mol. The first-order valence-corrected chi connectivity index (χ1v) is 8.80. The van der Waals surface area contributed by atoms with Crippen LogP contribution < -0.4 is 0 Å². The van der Waals surface area contributed by atoms with Crippen LogP contribution in [0.3, 0.4) is 0 Å². The summed E-state index contributed by atoms with van der Waals surface area (Å²) in [7, 11) is 0. The number of ether oxygens (including phenoxy) is 1. The molecule has 5 aromatic rings. The SMILES string of the molecule is CCOC(=O)c1ccc2c(c1)c1ccccc1c1[nH]c3ccccc3c21. The zero-order valence-electron chi connectivity index (χ0n) is 14.4. The lowest BCUT2D eigenvalue weighted by molar-refractivity contribution is 0.0526. The van der Waals surface area contributed by atoms with Crippen molar-refractivity contribution in [2.45, 2.75) is 6.92 Å². The van der Waals surface area contributed by atoms with E-state index in [2.05, 4.69) is 35.3 Å². The van der Waals surface area contributed by atoms with Gasteiger partial charge in [0.05, 0.1) is 17.7 Å². The average Bonchev–Trinajstić information content (AvgIpc) is 3.08. The maximum absolute atomic E-state index is 12.2. The fraction of sp³-hybridized carbons (Fsp3) is 0.0870. The van der Waals surface area contributed by atoms with E-state index in [1.807, 2.05) is 43.3 Å². The largest absolute Gasteiger partial charge is 0.462 e. The molecular weight excluding hydrogens is 322 g/mol. The minimum atomic E-state index is -0.280. The predicted octanol–water partition coefficient (Wildman–Crippen LogP) is 5.80. The molecule has 3 heteroatoms. The Balaban J connectivity index is 1.99. The molecule has 126 valence electrons. The Morgan fingerprint density at radius 2 is 1.58 bits per heavy atom. The van der Waals surface area contributed by atoms with Gasteiger partial charge < -0.3 is 9.72 Å². The number of H-pyrrole nitrogens is 1. The molecular formula is C23H17NO2. The van der Waals surface area contributed by atoms with Crippen LogP contribution in [0.2, 0.25) is 0 Å². The number of aromatic nitrogens is 1. The second-order valence-corrected chi connectivity index (χ2v) is 6.45. The molecule has 0 atom stereocenters. The van der Waals surface area contributed by atoms with E-state index in [1.165, 1.54) is 10.8 Å². The number of benzene rings is 4. The van der Waals surface area contributed by atoms with Crippen molar-refractivity contribution in [3.8, 4) is 0 Å². The maximum atomic E-state index is 12.2. The van der Waals surface area contributed by atoms with Crippen molar-refractivity contribution in [2.24, 2.45) is 0 Å². The number of nitrogens with one attached hydrogen (secondary N) is 1. The summed E-state index contributed by atoms with van der Waals surface area (Å²) in [6, 6.07) is 22.5. The number of para-hydroxylation sites is 1. The molecule has 26 heavy (non-hydrogen) atoms. The molecule has 0 fully saturated rings. The molecule has 0 radical (unpaired) electrons. The Morgan fingerprint density at radius 1 is 0.846 bits per heavy atom. The van der Waals surface area contributed by atoms with Crippen molar-refractivity contribution in [3.05, 3.63) is 72.3 Å². The molecule has 0 saturated heterocycles. The highest BCUT2D eigenvalue weighted by atomic mass is 16.5. The van der Waals surface area contributed by atoms with Crippen LogP contribution in [0.1, 0.15) is 17.3 Å². The van der Waals surface area contributed by atoms with E-state index in [4.69, 9.17) is 4.74 Å². The van der Waals surface area contributed by atoms with Gasteiger partial charge in [-0.15, -0.1) is 0 Å². The monoisotopic (exact) mass is 339 g/mol. The predicted molar refractivity (Wildman–Crippen MR) is 107 cm³/mol. The van der Waals surface area contributed by atoms with E-state index < -0.39 is 0 Å². The van der Waals surface area contributed by atoms with Crippen molar-refractivity contribution in [1.29, 1.82) is 0 Å². The quantitative estimate of drug-likeness (QED) is 0.326.